The van der Waals surface area contributed by atoms with Crippen LogP contribution in [0.4, 0.5) is 11.4 Å². The normalized spacial score (nSPS) is 10.9. The van der Waals surface area contributed by atoms with E-state index in [0.29, 0.717) is 5.75 Å². The van der Waals surface area contributed by atoms with Gasteiger partial charge in [0.1, 0.15) is 11.4 Å². The van der Waals surface area contributed by atoms with Crippen LogP contribution in [0.3, 0.4) is 0 Å². The number of hydrogen-bond donors (Lipinski definition) is 3. The van der Waals surface area contributed by atoms with Crippen LogP contribution in [-0.4, -0.2) is 18.2 Å². The predicted molar refractivity (Wildman–Crippen MR) is 121 cm³/mol. The first-order valence-electron chi connectivity index (χ1n) is 11.6. The van der Waals surface area contributed by atoms with Crippen molar-refractivity contribution >= 4 is 11.4 Å². The van der Waals surface area contributed by atoms with Gasteiger partial charge in [-0.2, -0.15) is 0 Å². The Morgan fingerprint density at radius 3 is 1.67 bits per heavy atom. The molecule has 3 N–H and O–H groups in total. The van der Waals surface area contributed by atoms with E-state index in [1.54, 1.807) is 6.07 Å². The number of rotatable bonds is 18. The molecule has 0 fully saturated rings. The van der Waals surface area contributed by atoms with E-state index in [1.807, 2.05) is 6.07 Å². The van der Waals surface area contributed by atoms with Crippen molar-refractivity contribution in [1.29, 1.82) is 0 Å². The molecule has 0 atom stereocenters. The molecule has 3 heteroatoms. The molecule has 27 heavy (non-hydrogen) atoms. The van der Waals surface area contributed by atoms with E-state index in [2.05, 4.69) is 30.5 Å². The molecule has 0 amide bonds. The lowest BCUT2D eigenvalue weighted by molar-refractivity contribution is 0.477. The van der Waals surface area contributed by atoms with Gasteiger partial charge in [0.25, 0.3) is 0 Å². The molecule has 0 saturated heterocycles. The maximum Gasteiger partial charge on any atom is 0.140 e. The number of aromatic hydroxyl groups is 1. The highest BCUT2D eigenvalue weighted by Gasteiger charge is 2.06. The second-order valence-corrected chi connectivity index (χ2v) is 7.80. The quantitative estimate of drug-likeness (QED) is 0.181. The molecule has 0 aliphatic carbocycles. The zero-order chi connectivity index (χ0) is 19.6. The summed E-state index contributed by atoms with van der Waals surface area (Å²) in [5.74, 6) is 0.350. The van der Waals surface area contributed by atoms with Crippen LogP contribution in [0.1, 0.15) is 104 Å². The zero-order valence-corrected chi connectivity index (χ0v) is 18.0. The summed E-state index contributed by atoms with van der Waals surface area (Å²) >= 11 is 0. The van der Waals surface area contributed by atoms with Crippen LogP contribution in [0, 0.1) is 0 Å². The maximum atomic E-state index is 10.2. The SMILES string of the molecule is CCCCCCCCCNc1cccc(O)c1NCCCCCCCCC. The van der Waals surface area contributed by atoms with E-state index in [1.165, 1.54) is 83.5 Å². The number of phenolic OH excluding ortho intramolecular Hbond substituents is 1. The molecule has 0 radical (unpaired) electrons. The van der Waals surface area contributed by atoms with Gasteiger partial charge in [-0.15, -0.1) is 0 Å². The Balaban J connectivity index is 2.21. The van der Waals surface area contributed by atoms with Crippen molar-refractivity contribution < 1.29 is 5.11 Å². The number of nitrogens with one attached hydrogen (secondary N) is 2. The lowest BCUT2D eigenvalue weighted by Gasteiger charge is -2.15. The Kier molecular flexibility index (Phi) is 14.7. The Bertz CT molecular complexity index is 462. The van der Waals surface area contributed by atoms with Crippen molar-refractivity contribution in [3.8, 4) is 5.75 Å². The molecule has 1 aromatic rings. The first-order chi connectivity index (χ1) is 13.3. The first-order valence-corrected chi connectivity index (χ1v) is 11.6. The number of anilines is 2. The Hall–Kier alpha value is -1.38. The van der Waals surface area contributed by atoms with Crippen LogP contribution >= 0.6 is 0 Å². The third kappa shape index (κ3) is 11.8. The average molecular weight is 377 g/mol. The van der Waals surface area contributed by atoms with E-state index in [-0.39, 0.29) is 0 Å². The van der Waals surface area contributed by atoms with E-state index >= 15 is 0 Å². The van der Waals surface area contributed by atoms with E-state index in [4.69, 9.17) is 0 Å². The van der Waals surface area contributed by atoms with Crippen molar-refractivity contribution in [3.63, 3.8) is 0 Å². The fraction of sp³-hybridized carbons (Fsp3) is 0.750. The summed E-state index contributed by atoms with van der Waals surface area (Å²) in [5.41, 5.74) is 1.90. The minimum absolute atomic E-state index is 0.350. The van der Waals surface area contributed by atoms with Crippen molar-refractivity contribution in [1.82, 2.24) is 0 Å². The molecular weight excluding hydrogens is 332 g/mol. The summed E-state index contributed by atoms with van der Waals surface area (Å²) in [5, 5.41) is 17.2. The number of hydrogen-bond acceptors (Lipinski definition) is 3. The van der Waals surface area contributed by atoms with Crippen LogP contribution in [0.25, 0.3) is 0 Å². The van der Waals surface area contributed by atoms with Crippen LogP contribution in [0.2, 0.25) is 0 Å². The van der Waals surface area contributed by atoms with E-state index in [0.717, 1.165) is 30.9 Å². The standard InChI is InChI=1S/C24H44N2O/c1-3-5-7-9-11-13-15-20-25-22-18-17-19-23(27)24(22)26-21-16-14-12-10-8-6-4-2/h17-19,25-27H,3-16,20-21H2,1-2H3. The van der Waals surface area contributed by atoms with Gasteiger partial charge in [-0.3, -0.25) is 0 Å². The molecule has 0 heterocycles. The molecule has 0 aliphatic heterocycles. The predicted octanol–water partition coefficient (Wildman–Crippen LogP) is 7.72. The van der Waals surface area contributed by atoms with Gasteiger partial charge in [-0.05, 0) is 25.0 Å². The molecule has 0 spiro atoms. The van der Waals surface area contributed by atoms with Crippen LogP contribution in [0.15, 0.2) is 18.2 Å². The van der Waals surface area contributed by atoms with Gasteiger partial charge in [-0.1, -0.05) is 97.0 Å². The van der Waals surface area contributed by atoms with Crippen LogP contribution in [-0.2, 0) is 0 Å². The van der Waals surface area contributed by atoms with Gasteiger partial charge in [-0.25, -0.2) is 0 Å². The number of benzene rings is 1. The number of unbranched alkanes of at least 4 members (excludes halogenated alkanes) is 12. The fourth-order valence-electron chi connectivity index (χ4n) is 3.47. The van der Waals surface area contributed by atoms with Gasteiger partial charge in [0.2, 0.25) is 0 Å². The monoisotopic (exact) mass is 376 g/mol. The maximum absolute atomic E-state index is 10.2. The molecule has 0 unspecified atom stereocenters. The first kappa shape index (κ1) is 23.7. The number of para-hydroxylation sites is 1. The zero-order valence-electron chi connectivity index (χ0n) is 18.0. The average Bonchev–Trinajstić information content (AvgIpc) is 2.67. The molecule has 1 rings (SSSR count). The van der Waals surface area contributed by atoms with E-state index < -0.39 is 0 Å². The van der Waals surface area contributed by atoms with Crippen molar-refractivity contribution in [2.45, 2.75) is 104 Å². The molecular formula is C24H44N2O. The van der Waals surface area contributed by atoms with Crippen molar-refractivity contribution in [2.75, 3.05) is 23.7 Å². The largest absolute Gasteiger partial charge is 0.506 e. The van der Waals surface area contributed by atoms with Crippen LogP contribution in [0.5, 0.6) is 5.75 Å². The van der Waals surface area contributed by atoms with Crippen molar-refractivity contribution in [3.05, 3.63) is 18.2 Å². The van der Waals surface area contributed by atoms with E-state index in [9.17, 15) is 5.11 Å². The minimum atomic E-state index is 0.350. The summed E-state index contributed by atoms with van der Waals surface area (Å²) in [6.07, 6.45) is 18.4. The Morgan fingerprint density at radius 1 is 0.630 bits per heavy atom. The molecule has 0 bridgehead atoms. The second-order valence-electron chi connectivity index (χ2n) is 7.80. The minimum Gasteiger partial charge on any atom is -0.506 e. The summed E-state index contributed by atoms with van der Waals surface area (Å²) in [7, 11) is 0. The van der Waals surface area contributed by atoms with Crippen LogP contribution < -0.4 is 10.6 Å². The summed E-state index contributed by atoms with van der Waals surface area (Å²) < 4.78 is 0. The lowest BCUT2D eigenvalue weighted by Crippen LogP contribution is -2.08. The summed E-state index contributed by atoms with van der Waals surface area (Å²) in [6.45, 7) is 6.43. The highest BCUT2D eigenvalue weighted by Crippen LogP contribution is 2.31. The molecule has 0 aromatic heterocycles. The molecule has 0 saturated carbocycles. The van der Waals surface area contributed by atoms with Gasteiger partial charge < -0.3 is 15.7 Å². The van der Waals surface area contributed by atoms with Crippen molar-refractivity contribution in [2.24, 2.45) is 0 Å². The summed E-state index contributed by atoms with van der Waals surface area (Å²) in [6, 6.07) is 5.75. The lowest BCUT2D eigenvalue weighted by atomic mass is 10.1. The smallest absolute Gasteiger partial charge is 0.140 e. The van der Waals surface area contributed by atoms with Gasteiger partial charge in [0.05, 0.1) is 5.69 Å². The van der Waals surface area contributed by atoms with Gasteiger partial charge in [0.15, 0.2) is 0 Å². The third-order valence-corrected chi connectivity index (χ3v) is 5.22. The molecule has 0 aliphatic rings. The summed E-state index contributed by atoms with van der Waals surface area (Å²) in [4.78, 5) is 0. The Labute approximate surface area is 168 Å². The Morgan fingerprint density at radius 2 is 1.11 bits per heavy atom. The topological polar surface area (TPSA) is 44.3 Å². The molecule has 1 aromatic carbocycles. The van der Waals surface area contributed by atoms with Gasteiger partial charge >= 0.3 is 0 Å². The highest BCUT2D eigenvalue weighted by molar-refractivity contribution is 5.75. The van der Waals surface area contributed by atoms with Gasteiger partial charge in [0, 0.05) is 13.1 Å². The fourth-order valence-corrected chi connectivity index (χ4v) is 3.47. The number of phenols is 1. The second kappa shape index (κ2) is 16.8. The molecule has 156 valence electrons. The highest BCUT2D eigenvalue weighted by atomic mass is 16.3. The third-order valence-electron chi connectivity index (χ3n) is 5.22. The molecule has 3 nitrogen and oxygen atoms in total.